The van der Waals surface area contributed by atoms with Gasteiger partial charge in [0.1, 0.15) is 5.60 Å². The number of morpholine rings is 1. The van der Waals surface area contributed by atoms with Gasteiger partial charge in [0.05, 0.1) is 42.8 Å². The molecule has 162 valence electrons. The van der Waals surface area contributed by atoms with Crippen molar-refractivity contribution < 1.29 is 24.2 Å². The summed E-state index contributed by atoms with van der Waals surface area (Å²) in [5, 5.41) is 16.5. The van der Waals surface area contributed by atoms with Gasteiger partial charge >= 0.3 is 6.09 Å². The minimum Gasteiger partial charge on any atom is -0.444 e. The number of ether oxygens (including phenoxy) is 2. The molecular weight excluding hydrogens is 376 g/mol. The lowest BCUT2D eigenvalue weighted by Gasteiger charge is -2.38. The number of piperidine rings is 1. The molecule has 0 aromatic carbocycles. The Labute approximate surface area is 171 Å². The number of H-pyrrole nitrogens is 1. The second kappa shape index (κ2) is 8.71. The number of nitrogens with zero attached hydrogens (tertiary/aromatic N) is 3. The zero-order valence-corrected chi connectivity index (χ0v) is 17.7. The maximum absolute atomic E-state index is 13.2. The molecule has 9 heteroatoms. The van der Waals surface area contributed by atoms with Gasteiger partial charge in [-0.15, -0.1) is 0 Å². The van der Waals surface area contributed by atoms with Gasteiger partial charge in [0, 0.05) is 25.6 Å². The van der Waals surface area contributed by atoms with Gasteiger partial charge < -0.3 is 24.4 Å². The standard InChI is InChI=1S/C20H32N4O5/c1-13-12-28-15(11-25)10-24(13)18(26)16-8-21-22-17(16)14-6-5-7-23(9-14)19(27)29-20(2,3)4/h8,13-15,25H,5-7,9-12H2,1-4H3,(H,21,22)/t13-,14+,15-/m1/s1. The number of rotatable bonds is 3. The molecule has 3 atom stereocenters. The number of carbonyl (C=O) groups is 2. The molecule has 29 heavy (non-hydrogen) atoms. The van der Waals surface area contributed by atoms with Crippen molar-refractivity contribution in [3.05, 3.63) is 17.5 Å². The Hall–Kier alpha value is -2.13. The number of aliphatic hydroxyl groups excluding tert-OH is 1. The number of aromatic nitrogens is 2. The molecule has 9 nitrogen and oxygen atoms in total. The SMILES string of the molecule is C[C@@H]1CO[C@@H](CO)CN1C(=O)c1cn[nH]c1[C@H]1CCCN(C(=O)OC(C)(C)C)C1. The Morgan fingerprint density at radius 1 is 1.38 bits per heavy atom. The number of hydrogen-bond acceptors (Lipinski definition) is 6. The van der Waals surface area contributed by atoms with Crippen LogP contribution in [0.25, 0.3) is 0 Å². The van der Waals surface area contributed by atoms with E-state index in [9.17, 15) is 14.7 Å². The fourth-order valence-electron chi connectivity index (χ4n) is 3.85. The molecular formula is C20H32N4O5. The summed E-state index contributed by atoms with van der Waals surface area (Å²) < 4.78 is 11.0. The average molecular weight is 408 g/mol. The number of aliphatic hydroxyl groups is 1. The van der Waals surface area contributed by atoms with Crippen LogP contribution in [0.5, 0.6) is 0 Å². The van der Waals surface area contributed by atoms with E-state index in [-0.39, 0.29) is 36.7 Å². The van der Waals surface area contributed by atoms with Crippen LogP contribution < -0.4 is 0 Å². The molecule has 2 fully saturated rings. The van der Waals surface area contributed by atoms with E-state index >= 15 is 0 Å². The molecule has 2 aliphatic rings. The predicted molar refractivity (Wildman–Crippen MR) is 106 cm³/mol. The molecule has 3 rings (SSSR count). The first-order valence-corrected chi connectivity index (χ1v) is 10.2. The number of amides is 2. The van der Waals surface area contributed by atoms with Crippen molar-refractivity contribution in [2.45, 2.75) is 64.2 Å². The lowest BCUT2D eigenvalue weighted by Crippen LogP contribution is -2.52. The van der Waals surface area contributed by atoms with Crippen LogP contribution in [0.3, 0.4) is 0 Å². The van der Waals surface area contributed by atoms with Gasteiger partial charge in [0.25, 0.3) is 5.91 Å². The first-order chi connectivity index (χ1) is 13.7. The summed E-state index contributed by atoms with van der Waals surface area (Å²) in [6.45, 7) is 9.20. The van der Waals surface area contributed by atoms with E-state index in [0.29, 0.717) is 31.8 Å². The van der Waals surface area contributed by atoms with Crippen LogP contribution in [0.2, 0.25) is 0 Å². The Morgan fingerprint density at radius 2 is 2.14 bits per heavy atom. The van der Waals surface area contributed by atoms with E-state index in [1.165, 1.54) is 0 Å². The number of nitrogens with one attached hydrogen (secondary N) is 1. The number of likely N-dealkylation sites (tertiary alicyclic amines) is 1. The summed E-state index contributed by atoms with van der Waals surface area (Å²) >= 11 is 0. The van der Waals surface area contributed by atoms with Gasteiger partial charge in [0.15, 0.2) is 0 Å². The smallest absolute Gasteiger partial charge is 0.410 e. The summed E-state index contributed by atoms with van der Waals surface area (Å²) in [4.78, 5) is 29.1. The monoisotopic (exact) mass is 408 g/mol. The molecule has 2 N–H and O–H groups in total. The highest BCUT2D eigenvalue weighted by molar-refractivity contribution is 5.95. The van der Waals surface area contributed by atoms with Gasteiger partial charge in [-0.25, -0.2) is 4.79 Å². The van der Waals surface area contributed by atoms with E-state index in [2.05, 4.69) is 10.2 Å². The lowest BCUT2D eigenvalue weighted by atomic mass is 9.92. The van der Waals surface area contributed by atoms with Gasteiger partial charge in [-0.05, 0) is 40.5 Å². The van der Waals surface area contributed by atoms with Crippen LogP contribution >= 0.6 is 0 Å². The normalized spacial score (nSPS) is 25.8. The topological polar surface area (TPSA) is 108 Å². The summed E-state index contributed by atoms with van der Waals surface area (Å²) in [5.74, 6) is -0.139. The van der Waals surface area contributed by atoms with Crippen LogP contribution in [-0.4, -0.2) is 87.7 Å². The molecule has 0 spiro atoms. The van der Waals surface area contributed by atoms with Crippen molar-refractivity contribution in [1.82, 2.24) is 20.0 Å². The van der Waals surface area contributed by atoms with Crippen molar-refractivity contribution in [2.75, 3.05) is 32.8 Å². The second-order valence-electron chi connectivity index (χ2n) is 8.91. The van der Waals surface area contributed by atoms with Gasteiger partial charge in [-0.2, -0.15) is 5.10 Å². The van der Waals surface area contributed by atoms with Crippen LogP contribution in [-0.2, 0) is 9.47 Å². The largest absolute Gasteiger partial charge is 0.444 e. The molecule has 0 saturated carbocycles. The van der Waals surface area contributed by atoms with Gasteiger partial charge in [-0.1, -0.05) is 0 Å². The summed E-state index contributed by atoms with van der Waals surface area (Å²) in [6.07, 6.45) is 2.54. The summed E-state index contributed by atoms with van der Waals surface area (Å²) in [6, 6.07) is -0.0855. The number of hydrogen-bond donors (Lipinski definition) is 2. The Balaban J connectivity index is 1.73. The summed E-state index contributed by atoms with van der Waals surface area (Å²) in [7, 11) is 0. The Morgan fingerprint density at radius 3 is 2.83 bits per heavy atom. The molecule has 2 amide bonds. The third kappa shape index (κ3) is 5.08. The maximum Gasteiger partial charge on any atom is 0.410 e. The fraction of sp³-hybridized carbons (Fsp3) is 0.750. The van der Waals surface area contributed by atoms with Crippen molar-refractivity contribution in [3.63, 3.8) is 0 Å². The van der Waals surface area contributed by atoms with Crippen LogP contribution in [0.4, 0.5) is 4.79 Å². The highest BCUT2D eigenvalue weighted by atomic mass is 16.6. The predicted octanol–water partition coefficient (Wildman–Crippen LogP) is 1.75. The molecule has 1 aromatic heterocycles. The van der Waals surface area contributed by atoms with Crippen LogP contribution in [0, 0.1) is 0 Å². The third-order valence-corrected chi connectivity index (χ3v) is 5.35. The van der Waals surface area contributed by atoms with Gasteiger partial charge in [0.2, 0.25) is 0 Å². The minimum absolute atomic E-state index is 0.0114. The van der Waals surface area contributed by atoms with E-state index in [1.807, 2.05) is 27.7 Å². The number of carbonyl (C=O) groups excluding carboxylic acids is 2. The molecule has 0 unspecified atom stereocenters. The Kier molecular flexibility index (Phi) is 6.48. The zero-order valence-electron chi connectivity index (χ0n) is 17.7. The average Bonchev–Trinajstić information content (AvgIpc) is 3.16. The fourth-order valence-corrected chi connectivity index (χ4v) is 3.85. The second-order valence-corrected chi connectivity index (χ2v) is 8.91. The maximum atomic E-state index is 13.2. The van der Waals surface area contributed by atoms with Crippen LogP contribution in [0.15, 0.2) is 6.20 Å². The lowest BCUT2D eigenvalue weighted by molar-refractivity contribution is -0.0667. The van der Waals surface area contributed by atoms with Crippen LogP contribution in [0.1, 0.15) is 62.5 Å². The van der Waals surface area contributed by atoms with Crippen molar-refractivity contribution >= 4 is 12.0 Å². The van der Waals surface area contributed by atoms with Crippen molar-refractivity contribution in [2.24, 2.45) is 0 Å². The quantitative estimate of drug-likeness (QED) is 0.789. The number of aromatic amines is 1. The molecule has 0 aliphatic carbocycles. The highest BCUT2D eigenvalue weighted by Crippen LogP contribution is 2.30. The molecule has 1 aromatic rings. The van der Waals surface area contributed by atoms with Crippen molar-refractivity contribution in [1.29, 1.82) is 0 Å². The molecule has 3 heterocycles. The molecule has 0 radical (unpaired) electrons. The third-order valence-electron chi connectivity index (χ3n) is 5.35. The van der Waals surface area contributed by atoms with Gasteiger partial charge in [-0.3, -0.25) is 9.89 Å². The minimum atomic E-state index is -0.547. The molecule has 2 saturated heterocycles. The molecule has 2 aliphatic heterocycles. The zero-order chi connectivity index (χ0) is 21.2. The van der Waals surface area contributed by atoms with E-state index in [4.69, 9.17) is 9.47 Å². The first kappa shape index (κ1) is 21.6. The Bertz CT molecular complexity index is 729. The van der Waals surface area contributed by atoms with E-state index in [0.717, 1.165) is 18.5 Å². The molecule has 0 bridgehead atoms. The summed E-state index contributed by atoms with van der Waals surface area (Å²) in [5.41, 5.74) is 0.725. The van der Waals surface area contributed by atoms with E-state index in [1.54, 1.807) is 16.0 Å². The first-order valence-electron chi connectivity index (χ1n) is 10.2. The van der Waals surface area contributed by atoms with Crippen molar-refractivity contribution in [3.8, 4) is 0 Å². The highest BCUT2D eigenvalue weighted by Gasteiger charge is 2.35. The van der Waals surface area contributed by atoms with E-state index < -0.39 is 5.60 Å².